The first kappa shape index (κ1) is 10.6. The van der Waals surface area contributed by atoms with Crippen molar-refractivity contribution in [3.05, 3.63) is 48.0 Å². The zero-order valence-corrected chi connectivity index (χ0v) is 8.76. The number of aromatic nitrogens is 2. The van der Waals surface area contributed by atoms with Crippen molar-refractivity contribution in [3.63, 3.8) is 0 Å². The van der Waals surface area contributed by atoms with Crippen LogP contribution >= 0.6 is 11.6 Å². The number of nitrogens with zero attached hydrogens (tertiary/aromatic N) is 3. The maximum atomic E-state index is 13.6. The lowest BCUT2D eigenvalue weighted by Gasteiger charge is -2.04. The van der Waals surface area contributed by atoms with Gasteiger partial charge in [-0.3, -0.25) is 0 Å². The minimum absolute atomic E-state index is 0.0417. The van der Waals surface area contributed by atoms with Crippen LogP contribution in [0, 0.1) is 5.82 Å². The molecule has 2 aromatic rings. The first-order chi connectivity index (χ1) is 7.72. The maximum absolute atomic E-state index is 13.6. The zero-order valence-electron chi connectivity index (χ0n) is 8.01. The Morgan fingerprint density at radius 3 is 2.88 bits per heavy atom. The molecule has 1 aromatic heterocycles. The molecule has 1 heterocycles. The van der Waals surface area contributed by atoms with Gasteiger partial charge in [0.15, 0.2) is 5.17 Å². The number of benzene rings is 1. The van der Waals surface area contributed by atoms with Gasteiger partial charge >= 0.3 is 0 Å². The van der Waals surface area contributed by atoms with Gasteiger partial charge in [0, 0.05) is 18.5 Å². The van der Waals surface area contributed by atoms with Gasteiger partial charge in [0.1, 0.15) is 5.82 Å². The fraction of sp³-hybridized carbons (Fsp3) is 0. The Bertz CT molecular complexity index is 525. The zero-order chi connectivity index (χ0) is 11.5. The highest BCUT2D eigenvalue weighted by Gasteiger charge is 2.09. The maximum Gasteiger partial charge on any atom is 0.178 e. The number of oxime groups is 1. The molecule has 0 fully saturated rings. The quantitative estimate of drug-likeness (QED) is 0.497. The summed E-state index contributed by atoms with van der Waals surface area (Å²) in [4.78, 5) is 0. The standard InChI is InChI=1S/C10H7ClFN3O/c11-10(14-16)8-3-2-7(6-9(8)12)15-5-1-4-13-15/h1-6,16H. The highest BCUT2D eigenvalue weighted by Crippen LogP contribution is 2.15. The molecule has 1 aromatic carbocycles. The molecule has 82 valence electrons. The Balaban J connectivity index is 2.45. The number of halogens is 2. The van der Waals surface area contributed by atoms with E-state index in [1.165, 1.54) is 16.8 Å². The Labute approximate surface area is 95.6 Å². The first-order valence-corrected chi connectivity index (χ1v) is 4.77. The minimum atomic E-state index is -0.573. The molecule has 6 heteroatoms. The van der Waals surface area contributed by atoms with Crippen LogP contribution in [0.5, 0.6) is 0 Å². The fourth-order valence-electron chi connectivity index (χ4n) is 1.29. The molecule has 2 rings (SSSR count). The Kier molecular flexibility index (Phi) is 2.87. The number of hydrogen-bond acceptors (Lipinski definition) is 3. The van der Waals surface area contributed by atoms with Crippen LogP contribution in [0.3, 0.4) is 0 Å². The van der Waals surface area contributed by atoms with Gasteiger partial charge in [-0.25, -0.2) is 9.07 Å². The average molecular weight is 240 g/mol. The molecule has 0 aliphatic heterocycles. The largest absolute Gasteiger partial charge is 0.410 e. The van der Waals surface area contributed by atoms with Gasteiger partial charge in [-0.15, -0.1) is 0 Å². The van der Waals surface area contributed by atoms with Gasteiger partial charge < -0.3 is 5.21 Å². The Hall–Kier alpha value is -1.88. The van der Waals surface area contributed by atoms with Crippen LogP contribution in [-0.4, -0.2) is 20.2 Å². The third kappa shape index (κ3) is 1.90. The summed E-state index contributed by atoms with van der Waals surface area (Å²) in [5, 5.41) is 14.8. The Morgan fingerprint density at radius 2 is 2.31 bits per heavy atom. The number of rotatable bonds is 2. The van der Waals surface area contributed by atoms with Crippen LogP contribution in [0.15, 0.2) is 41.8 Å². The summed E-state index contributed by atoms with van der Waals surface area (Å²) in [6.07, 6.45) is 3.28. The second-order valence-corrected chi connectivity index (χ2v) is 3.36. The number of hydrogen-bond donors (Lipinski definition) is 1. The van der Waals surface area contributed by atoms with Gasteiger partial charge in [0.05, 0.1) is 11.3 Å². The van der Waals surface area contributed by atoms with Crippen LogP contribution in [0.25, 0.3) is 5.69 Å². The molecular weight excluding hydrogens is 233 g/mol. The predicted octanol–water partition coefficient (Wildman–Crippen LogP) is 2.39. The van der Waals surface area contributed by atoms with E-state index >= 15 is 0 Å². The van der Waals surface area contributed by atoms with Crippen LogP contribution in [0.1, 0.15) is 5.56 Å². The van der Waals surface area contributed by atoms with Gasteiger partial charge in [-0.2, -0.15) is 5.10 Å². The molecule has 0 unspecified atom stereocenters. The highest BCUT2D eigenvalue weighted by molar-refractivity contribution is 6.69. The van der Waals surface area contributed by atoms with E-state index in [1.807, 2.05) is 0 Å². The predicted molar refractivity (Wildman–Crippen MR) is 57.7 cm³/mol. The van der Waals surface area contributed by atoms with Crippen LogP contribution in [0.4, 0.5) is 4.39 Å². The highest BCUT2D eigenvalue weighted by atomic mass is 35.5. The second-order valence-electron chi connectivity index (χ2n) is 3.01. The third-order valence-corrected chi connectivity index (χ3v) is 2.31. The van der Waals surface area contributed by atoms with Crippen molar-refractivity contribution in [2.24, 2.45) is 5.16 Å². The molecule has 0 saturated heterocycles. The monoisotopic (exact) mass is 239 g/mol. The van der Waals surface area contributed by atoms with Crippen molar-refractivity contribution in [3.8, 4) is 5.69 Å². The smallest absolute Gasteiger partial charge is 0.178 e. The lowest BCUT2D eigenvalue weighted by molar-refractivity contribution is 0.320. The fourth-order valence-corrected chi connectivity index (χ4v) is 1.44. The van der Waals surface area contributed by atoms with Gasteiger partial charge in [-0.05, 0) is 18.2 Å². The topological polar surface area (TPSA) is 50.4 Å². The SMILES string of the molecule is ON=C(Cl)c1ccc(-n2cccn2)cc1F. The summed E-state index contributed by atoms with van der Waals surface area (Å²) in [7, 11) is 0. The van der Waals surface area contributed by atoms with E-state index in [-0.39, 0.29) is 10.7 Å². The lowest BCUT2D eigenvalue weighted by Crippen LogP contribution is -2.00. The van der Waals surface area contributed by atoms with E-state index in [0.29, 0.717) is 5.69 Å². The summed E-state index contributed by atoms with van der Waals surface area (Å²) in [5.74, 6) is -0.573. The van der Waals surface area contributed by atoms with Gasteiger partial charge in [-0.1, -0.05) is 16.8 Å². The van der Waals surface area contributed by atoms with E-state index in [9.17, 15) is 4.39 Å². The molecule has 0 amide bonds. The lowest BCUT2D eigenvalue weighted by atomic mass is 10.2. The van der Waals surface area contributed by atoms with Crippen molar-refractivity contribution < 1.29 is 9.60 Å². The molecule has 4 nitrogen and oxygen atoms in total. The second kappa shape index (κ2) is 4.32. The van der Waals surface area contributed by atoms with E-state index in [4.69, 9.17) is 16.8 Å². The van der Waals surface area contributed by atoms with Gasteiger partial charge in [0.25, 0.3) is 0 Å². The molecular formula is C10H7ClFN3O. The molecule has 0 radical (unpaired) electrons. The van der Waals surface area contributed by atoms with Crippen molar-refractivity contribution in [2.75, 3.05) is 0 Å². The van der Waals surface area contributed by atoms with Crippen molar-refractivity contribution in [2.45, 2.75) is 0 Å². The first-order valence-electron chi connectivity index (χ1n) is 4.40. The summed E-state index contributed by atoms with van der Waals surface area (Å²) in [6.45, 7) is 0. The molecule has 0 spiro atoms. The molecule has 1 N–H and O–H groups in total. The van der Waals surface area contributed by atoms with E-state index in [2.05, 4.69) is 10.3 Å². The third-order valence-electron chi connectivity index (χ3n) is 2.03. The summed E-state index contributed by atoms with van der Waals surface area (Å²) < 4.78 is 15.1. The van der Waals surface area contributed by atoms with Gasteiger partial charge in [0.2, 0.25) is 0 Å². The van der Waals surface area contributed by atoms with Crippen molar-refractivity contribution in [1.82, 2.24) is 9.78 Å². The summed E-state index contributed by atoms with van der Waals surface area (Å²) in [6, 6.07) is 6.04. The molecule has 0 saturated carbocycles. The molecule has 0 bridgehead atoms. The average Bonchev–Trinajstić information content (AvgIpc) is 2.81. The van der Waals surface area contributed by atoms with Crippen LogP contribution in [-0.2, 0) is 0 Å². The van der Waals surface area contributed by atoms with E-state index in [1.54, 1.807) is 24.5 Å². The van der Waals surface area contributed by atoms with Crippen LogP contribution in [0.2, 0.25) is 0 Å². The normalized spacial score (nSPS) is 11.8. The van der Waals surface area contributed by atoms with E-state index in [0.717, 1.165) is 0 Å². The van der Waals surface area contributed by atoms with Crippen molar-refractivity contribution in [1.29, 1.82) is 0 Å². The summed E-state index contributed by atoms with van der Waals surface area (Å²) >= 11 is 5.51. The van der Waals surface area contributed by atoms with E-state index < -0.39 is 5.82 Å². The molecule has 16 heavy (non-hydrogen) atoms. The minimum Gasteiger partial charge on any atom is -0.410 e. The molecule has 0 aliphatic rings. The molecule has 0 aliphatic carbocycles. The van der Waals surface area contributed by atoms with Crippen molar-refractivity contribution >= 4 is 16.8 Å². The molecule has 0 atom stereocenters. The summed E-state index contributed by atoms with van der Waals surface area (Å²) in [5.41, 5.74) is 0.605. The van der Waals surface area contributed by atoms with Crippen LogP contribution < -0.4 is 0 Å². The Morgan fingerprint density at radius 1 is 1.50 bits per heavy atom.